The van der Waals surface area contributed by atoms with Crippen molar-refractivity contribution in [1.29, 1.82) is 0 Å². The van der Waals surface area contributed by atoms with E-state index >= 15 is 0 Å². The van der Waals surface area contributed by atoms with E-state index in [2.05, 4.69) is 5.32 Å². The molecule has 0 aliphatic heterocycles. The molecule has 1 aromatic carbocycles. The van der Waals surface area contributed by atoms with E-state index in [1.807, 2.05) is 13.2 Å². The molecular weight excluding hydrogens is 295 g/mol. The first-order valence-electron chi connectivity index (χ1n) is 6.46. The molecule has 0 radical (unpaired) electrons. The van der Waals surface area contributed by atoms with Crippen molar-refractivity contribution in [3.8, 4) is 0 Å². The first kappa shape index (κ1) is 17.3. The van der Waals surface area contributed by atoms with E-state index in [4.69, 9.17) is 5.11 Å². The monoisotopic (exact) mass is 314 g/mol. The minimum absolute atomic E-state index is 0.0295. The molecule has 21 heavy (non-hydrogen) atoms. The van der Waals surface area contributed by atoms with Crippen LogP contribution in [0.4, 0.5) is 14.9 Å². The number of nitrogens with one attached hydrogen (secondary N) is 1. The molecule has 2 amide bonds. The maximum atomic E-state index is 13.2. The van der Waals surface area contributed by atoms with Crippen LogP contribution in [-0.2, 0) is 0 Å². The van der Waals surface area contributed by atoms with Crippen molar-refractivity contribution in [2.24, 2.45) is 0 Å². The second kappa shape index (κ2) is 7.87. The topological polar surface area (TPSA) is 69.6 Å². The Morgan fingerprint density at radius 3 is 2.67 bits per heavy atom. The van der Waals surface area contributed by atoms with Gasteiger partial charge in [0.25, 0.3) is 0 Å². The Morgan fingerprint density at radius 1 is 1.48 bits per heavy atom. The first-order valence-corrected chi connectivity index (χ1v) is 7.85. The highest BCUT2D eigenvalue weighted by atomic mass is 32.2. The van der Waals surface area contributed by atoms with Gasteiger partial charge in [-0.05, 0) is 30.9 Å². The van der Waals surface area contributed by atoms with Gasteiger partial charge in [-0.25, -0.2) is 14.0 Å². The number of rotatable bonds is 6. The molecule has 5 nitrogen and oxygen atoms in total. The van der Waals surface area contributed by atoms with Crippen molar-refractivity contribution in [2.75, 3.05) is 24.4 Å². The fourth-order valence-electron chi connectivity index (χ4n) is 1.87. The Bertz CT molecular complexity index is 525. The SMILES string of the molecule is CCC(CSC)N(C)C(=O)Nc1cc(F)ccc1C(=O)O. The van der Waals surface area contributed by atoms with Crippen LogP contribution in [0.5, 0.6) is 0 Å². The summed E-state index contributed by atoms with van der Waals surface area (Å²) in [6, 6.07) is 2.76. The zero-order valence-corrected chi connectivity index (χ0v) is 13.0. The van der Waals surface area contributed by atoms with Crippen LogP contribution in [-0.4, -0.2) is 47.1 Å². The third-order valence-electron chi connectivity index (χ3n) is 3.15. The number of thioether (sulfide) groups is 1. The van der Waals surface area contributed by atoms with Crippen LogP contribution in [0.25, 0.3) is 0 Å². The number of nitrogens with zero attached hydrogens (tertiary/aromatic N) is 1. The Kier molecular flexibility index (Phi) is 6.48. The number of benzene rings is 1. The standard InChI is InChI=1S/C14H19FN2O3S/c1-4-10(8-21-3)17(2)14(20)16-12-7-9(15)5-6-11(12)13(18)19/h5-7,10H,4,8H2,1-3H3,(H,16,20)(H,18,19). The van der Waals surface area contributed by atoms with Crippen molar-refractivity contribution in [2.45, 2.75) is 19.4 Å². The van der Waals surface area contributed by atoms with Crippen LogP contribution in [0.15, 0.2) is 18.2 Å². The summed E-state index contributed by atoms with van der Waals surface area (Å²) in [5.41, 5.74) is -0.186. The van der Waals surface area contributed by atoms with Crippen molar-refractivity contribution in [3.05, 3.63) is 29.6 Å². The van der Waals surface area contributed by atoms with Crippen LogP contribution < -0.4 is 5.32 Å². The molecule has 1 unspecified atom stereocenters. The number of carbonyl (C=O) groups is 2. The van der Waals surface area contributed by atoms with Gasteiger partial charge in [0.05, 0.1) is 11.3 Å². The second-order valence-electron chi connectivity index (χ2n) is 4.55. The molecule has 0 saturated carbocycles. The number of urea groups is 1. The van der Waals surface area contributed by atoms with Gasteiger partial charge in [0.15, 0.2) is 0 Å². The molecule has 0 aromatic heterocycles. The highest BCUT2D eigenvalue weighted by Crippen LogP contribution is 2.19. The van der Waals surface area contributed by atoms with Gasteiger partial charge >= 0.3 is 12.0 Å². The third-order valence-corrected chi connectivity index (χ3v) is 3.87. The smallest absolute Gasteiger partial charge is 0.337 e. The van der Waals surface area contributed by atoms with Crippen LogP contribution in [0.2, 0.25) is 0 Å². The average Bonchev–Trinajstić information content (AvgIpc) is 2.43. The molecule has 2 N–H and O–H groups in total. The van der Waals surface area contributed by atoms with Gasteiger partial charge in [0.2, 0.25) is 0 Å². The van der Waals surface area contributed by atoms with E-state index in [9.17, 15) is 14.0 Å². The zero-order valence-electron chi connectivity index (χ0n) is 12.2. The van der Waals surface area contributed by atoms with Gasteiger partial charge < -0.3 is 15.3 Å². The summed E-state index contributed by atoms with van der Waals surface area (Å²) in [7, 11) is 1.64. The van der Waals surface area contributed by atoms with E-state index in [1.54, 1.807) is 18.8 Å². The third kappa shape index (κ3) is 4.63. The molecule has 0 bridgehead atoms. The number of carbonyl (C=O) groups excluding carboxylic acids is 1. The lowest BCUT2D eigenvalue weighted by molar-refractivity contribution is 0.0698. The minimum Gasteiger partial charge on any atom is -0.478 e. The average molecular weight is 314 g/mol. The maximum Gasteiger partial charge on any atom is 0.337 e. The van der Waals surface area contributed by atoms with E-state index in [-0.39, 0.29) is 17.3 Å². The van der Waals surface area contributed by atoms with Crippen molar-refractivity contribution in [1.82, 2.24) is 4.90 Å². The van der Waals surface area contributed by atoms with E-state index in [1.165, 1.54) is 4.90 Å². The number of aromatic carboxylic acids is 1. The summed E-state index contributed by atoms with van der Waals surface area (Å²) in [4.78, 5) is 24.8. The number of halogens is 1. The van der Waals surface area contributed by atoms with Crippen molar-refractivity contribution >= 4 is 29.4 Å². The summed E-state index contributed by atoms with van der Waals surface area (Å²) in [5, 5.41) is 11.5. The minimum atomic E-state index is -1.22. The van der Waals surface area contributed by atoms with Crippen molar-refractivity contribution in [3.63, 3.8) is 0 Å². The summed E-state index contributed by atoms with van der Waals surface area (Å²) in [5.74, 6) is -1.05. The Labute approximate surface area is 127 Å². The zero-order chi connectivity index (χ0) is 16.0. The Morgan fingerprint density at radius 2 is 2.14 bits per heavy atom. The molecule has 0 aliphatic carbocycles. The molecule has 1 atom stereocenters. The van der Waals surface area contributed by atoms with Crippen LogP contribution in [0.1, 0.15) is 23.7 Å². The number of hydrogen-bond donors (Lipinski definition) is 2. The number of hydrogen-bond acceptors (Lipinski definition) is 3. The predicted octanol–water partition coefficient (Wildman–Crippen LogP) is 3.13. The lowest BCUT2D eigenvalue weighted by Crippen LogP contribution is -2.41. The van der Waals surface area contributed by atoms with Gasteiger partial charge in [0.1, 0.15) is 5.82 Å². The lowest BCUT2D eigenvalue weighted by atomic mass is 10.1. The molecule has 0 heterocycles. The molecule has 0 saturated heterocycles. The predicted molar refractivity (Wildman–Crippen MR) is 82.6 cm³/mol. The van der Waals surface area contributed by atoms with E-state index < -0.39 is 17.8 Å². The summed E-state index contributed by atoms with van der Waals surface area (Å²) >= 11 is 1.62. The van der Waals surface area contributed by atoms with E-state index in [0.717, 1.165) is 30.4 Å². The highest BCUT2D eigenvalue weighted by Gasteiger charge is 2.20. The summed E-state index contributed by atoms with van der Waals surface area (Å²) in [6.45, 7) is 1.97. The fraction of sp³-hybridized carbons (Fsp3) is 0.429. The summed E-state index contributed by atoms with van der Waals surface area (Å²) < 4.78 is 13.2. The molecule has 0 spiro atoms. The largest absolute Gasteiger partial charge is 0.478 e. The maximum absolute atomic E-state index is 13.2. The molecular formula is C14H19FN2O3S. The van der Waals surface area contributed by atoms with Crippen molar-refractivity contribution < 1.29 is 19.1 Å². The first-order chi connectivity index (χ1) is 9.90. The van der Waals surface area contributed by atoms with Gasteiger partial charge in [-0.15, -0.1) is 0 Å². The molecule has 7 heteroatoms. The number of carboxylic acid groups (broad SMARTS) is 1. The van der Waals surface area contributed by atoms with Gasteiger partial charge in [-0.2, -0.15) is 11.8 Å². The molecule has 116 valence electrons. The summed E-state index contributed by atoms with van der Waals surface area (Å²) in [6.07, 6.45) is 2.73. The number of amides is 2. The van der Waals surface area contributed by atoms with Gasteiger partial charge in [-0.3, -0.25) is 0 Å². The molecule has 0 aliphatic rings. The van der Waals surface area contributed by atoms with Gasteiger partial charge in [-0.1, -0.05) is 6.92 Å². The Hall–Kier alpha value is -1.76. The Balaban J connectivity index is 2.92. The lowest BCUT2D eigenvalue weighted by Gasteiger charge is -2.27. The molecule has 1 aromatic rings. The fourth-order valence-corrected chi connectivity index (χ4v) is 2.72. The highest BCUT2D eigenvalue weighted by molar-refractivity contribution is 7.98. The van der Waals surface area contributed by atoms with E-state index in [0.29, 0.717) is 0 Å². The second-order valence-corrected chi connectivity index (χ2v) is 5.46. The molecule has 0 fully saturated rings. The van der Waals surface area contributed by atoms with Gasteiger partial charge in [0, 0.05) is 18.8 Å². The normalized spacial score (nSPS) is 11.8. The van der Waals surface area contributed by atoms with Crippen LogP contribution in [0, 0.1) is 5.82 Å². The quantitative estimate of drug-likeness (QED) is 0.846. The number of anilines is 1. The molecule has 1 rings (SSSR count). The van der Waals surface area contributed by atoms with Crippen LogP contribution in [0.3, 0.4) is 0 Å². The number of carboxylic acids is 1. The van der Waals surface area contributed by atoms with Crippen LogP contribution >= 0.6 is 11.8 Å².